The highest BCUT2D eigenvalue weighted by atomic mass is 32.2. The third-order valence-corrected chi connectivity index (χ3v) is 4.97. The van der Waals surface area contributed by atoms with Gasteiger partial charge in [-0.25, -0.2) is 0 Å². The molecule has 0 unspecified atom stereocenters. The van der Waals surface area contributed by atoms with Crippen LogP contribution in [-0.4, -0.2) is 34.6 Å². The Hall–Kier alpha value is -1.48. The summed E-state index contributed by atoms with van der Waals surface area (Å²) in [7, 11) is -4.36. The predicted octanol–water partition coefficient (Wildman–Crippen LogP) is 2.32. The summed E-state index contributed by atoms with van der Waals surface area (Å²) in [5.41, 5.74) is 0.235. The average Bonchev–Trinajstić information content (AvgIpc) is 2.66. The fourth-order valence-electron chi connectivity index (χ4n) is 1.76. The monoisotopic (exact) mass is 341 g/mol. The molecule has 0 radical (unpaired) electrons. The molecule has 110 valence electrons. The summed E-state index contributed by atoms with van der Waals surface area (Å²) in [6.07, 6.45) is 2.96. The average molecular weight is 341 g/mol. The number of thioether (sulfide) groups is 1. The Kier molecular flexibility index (Phi) is 4.62. The number of nitrogens with zero attached hydrogens (tertiary/aromatic N) is 1. The molecule has 1 aromatic rings. The van der Waals surface area contributed by atoms with Gasteiger partial charge in [0.2, 0.25) is 0 Å². The molecule has 1 aliphatic rings. The molecule has 2 rings (SSSR count). The van der Waals surface area contributed by atoms with Crippen LogP contribution in [0.15, 0.2) is 46.7 Å². The van der Waals surface area contributed by atoms with Gasteiger partial charge in [-0.1, -0.05) is 48.3 Å². The van der Waals surface area contributed by atoms with Crippen molar-refractivity contribution in [3.63, 3.8) is 0 Å². The molecule has 0 bridgehead atoms. The normalized spacial score (nSPS) is 17.6. The molecule has 8 heteroatoms. The molecule has 1 saturated heterocycles. The summed E-state index contributed by atoms with van der Waals surface area (Å²) < 4.78 is 32.2. The number of rotatable bonds is 4. The van der Waals surface area contributed by atoms with E-state index in [2.05, 4.69) is 6.58 Å². The first kappa shape index (κ1) is 15.9. The van der Waals surface area contributed by atoms with E-state index >= 15 is 0 Å². The first-order valence-electron chi connectivity index (χ1n) is 5.77. The van der Waals surface area contributed by atoms with Gasteiger partial charge in [0.1, 0.15) is 9.22 Å². The van der Waals surface area contributed by atoms with E-state index < -0.39 is 10.1 Å². The van der Waals surface area contributed by atoms with Crippen molar-refractivity contribution in [1.29, 1.82) is 0 Å². The SMILES string of the molecule is C=CCN1C(=O)C(=Cc2ccccc2S(=O)(=O)O)SC1=S. The first-order valence-corrected chi connectivity index (χ1v) is 8.44. The lowest BCUT2D eigenvalue weighted by molar-refractivity contribution is -0.121. The van der Waals surface area contributed by atoms with Gasteiger partial charge in [0.15, 0.2) is 0 Å². The molecule has 1 fully saturated rings. The quantitative estimate of drug-likeness (QED) is 0.392. The number of carbonyl (C=O) groups excluding carboxylic acids is 1. The standard InChI is InChI=1S/C13H11NO4S3/c1-2-7-14-12(15)10(20-13(14)19)8-9-5-3-4-6-11(9)21(16,17)18/h2-6,8H,1,7H2,(H,16,17,18). The second kappa shape index (κ2) is 6.10. The number of hydrogen-bond donors (Lipinski definition) is 1. The smallest absolute Gasteiger partial charge is 0.289 e. The minimum absolute atomic E-state index is 0.235. The van der Waals surface area contributed by atoms with Crippen molar-refractivity contribution in [2.75, 3.05) is 6.54 Å². The Labute approximate surface area is 132 Å². The topological polar surface area (TPSA) is 74.7 Å². The maximum atomic E-state index is 12.2. The second-order valence-electron chi connectivity index (χ2n) is 4.09. The van der Waals surface area contributed by atoms with Crippen LogP contribution < -0.4 is 0 Å². The van der Waals surface area contributed by atoms with E-state index in [1.54, 1.807) is 12.1 Å². The zero-order chi connectivity index (χ0) is 15.6. The van der Waals surface area contributed by atoms with Gasteiger partial charge >= 0.3 is 0 Å². The fourth-order valence-corrected chi connectivity index (χ4v) is 3.70. The molecule has 21 heavy (non-hydrogen) atoms. The minimum atomic E-state index is -4.36. The van der Waals surface area contributed by atoms with E-state index in [4.69, 9.17) is 12.2 Å². The van der Waals surface area contributed by atoms with E-state index in [0.29, 0.717) is 15.8 Å². The number of hydrogen-bond acceptors (Lipinski definition) is 5. The summed E-state index contributed by atoms with van der Waals surface area (Å²) in [6.45, 7) is 3.85. The maximum Gasteiger partial charge on any atom is 0.295 e. The first-order chi connectivity index (χ1) is 9.84. The highest BCUT2D eigenvalue weighted by Gasteiger charge is 2.31. The molecular formula is C13H11NO4S3. The van der Waals surface area contributed by atoms with Crippen LogP contribution in [0, 0.1) is 0 Å². The Morgan fingerprint density at radius 3 is 2.67 bits per heavy atom. The lowest BCUT2D eigenvalue weighted by atomic mass is 10.2. The van der Waals surface area contributed by atoms with Gasteiger partial charge in [-0.15, -0.1) is 6.58 Å². The summed E-state index contributed by atoms with van der Waals surface area (Å²) in [5, 5.41) is 0. The van der Waals surface area contributed by atoms with Gasteiger partial charge in [0.25, 0.3) is 16.0 Å². The largest absolute Gasteiger partial charge is 0.295 e. The molecule has 1 aliphatic heterocycles. The molecule has 1 heterocycles. The van der Waals surface area contributed by atoms with Crippen molar-refractivity contribution >= 4 is 50.4 Å². The van der Waals surface area contributed by atoms with Crippen molar-refractivity contribution in [2.24, 2.45) is 0 Å². The third kappa shape index (κ3) is 3.41. The van der Waals surface area contributed by atoms with Crippen LogP contribution in [-0.2, 0) is 14.9 Å². The van der Waals surface area contributed by atoms with Gasteiger partial charge in [0.05, 0.1) is 4.91 Å². The summed E-state index contributed by atoms with van der Waals surface area (Å²) >= 11 is 6.17. The van der Waals surface area contributed by atoms with Crippen LogP contribution in [0.1, 0.15) is 5.56 Å². The van der Waals surface area contributed by atoms with Crippen molar-refractivity contribution < 1.29 is 17.8 Å². The van der Waals surface area contributed by atoms with Gasteiger partial charge < -0.3 is 0 Å². The number of amides is 1. The molecule has 1 amide bonds. The fraction of sp³-hybridized carbons (Fsp3) is 0.0769. The van der Waals surface area contributed by atoms with E-state index in [0.717, 1.165) is 11.8 Å². The zero-order valence-corrected chi connectivity index (χ0v) is 13.2. The molecule has 1 aromatic carbocycles. The van der Waals surface area contributed by atoms with Crippen LogP contribution in [0.4, 0.5) is 0 Å². The van der Waals surface area contributed by atoms with Gasteiger partial charge in [-0.05, 0) is 17.7 Å². The van der Waals surface area contributed by atoms with E-state index in [9.17, 15) is 17.8 Å². The number of thiocarbonyl (C=S) groups is 1. The molecule has 0 aliphatic carbocycles. The number of carbonyl (C=O) groups is 1. The maximum absolute atomic E-state index is 12.2. The Morgan fingerprint density at radius 1 is 1.38 bits per heavy atom. The van der Waals surface area contributed by atoms with E-state index in [1.807, 2.05) is 0 Å². The zero-order valence-electron chi connectivity index (χ0n) is 10.7. The van der Waals surface area contributed by atoms with Crippen LogP contribution in [0.5, 0.6) is 0 Å². The van der Waals surface area contributed by atoms with Crippen molar-refractivity contribution in [3.8, 4) is 0 Å². The molecule has 0 spiro atoms. The lowest BCUT2D eigenvalue weighted by Gasteiger charge is -2.10. The molecule has 1 N–H and O–H groups in total. The minimum Gasteiger partial charge on any atom is -0.289 e. The molecule has 0 aromatic heterocycles. The Balaban J connectivity index is 2.45. The third-order valence-electron chi connectivity index (χ3n) is 2.67. The van der Waals surface area contributed by atoms with Crippen LogP contribution >= 0.6 is 24.0 Å². The summed E-state index contributed by atoms with van der Waals surface area (Å²) in [4.78, 5) is 13.6. The van der Waals surface area contributed by atoms with Crippen molar-refractivity contribution in [1.82, 2.24) is 4.90 Å². The highest BCUT2D eigenvalue weighted by molar-refractivity contribution is 8.26. The highest BCUT2D eigenvalue weighted by Crippen LogP contribution is 2.33. The van der Waals surface area contributed by atoms with E-state index in [1.165, 1.54) is 29.2 Å². The molecule has 0 atom stereocenters. The van der Waals surface area contributed by atoms with Gasteiger partial charge in [-0.2, -0.15) is 8.42 Å². The Bertz CT molecular complexity index is 752. The van der Waals surface area contributed by atoms with Crippen LogP contribution in [0.3, 0.4) is 0 Å². The summed E-state index contributed by atoms with van der Waals surface area (Å²) in [6, 6.07) is 5.88. The Morgan fingerprint density at radius 2 is 2.05 bits per heavy atom. The van der Waals surface area contributed by atoms with Crippen LogP contribution in [0.2, 0.25) is 0 Å². The molecule has 0 saturated carbocycles. The number of benzene rings is 1. The summed E-state index contributed by atoms with van der Waals surface area (Å²) in [5.74, 6) is -0.310. The van der Waals surface area contributed by atoms with Crippen molar-refractivity contribution in [3.05, 3.63) is 47.4 Å². The van der Waals surface area contributed by atoms with Crippen molar-refractivity contribution in [2.45, 2.75) is 4.90 Å². The van der Waals surface area contributed by atoms with E-state index in [-0.39, 0.29) is 16.4 Å². The predicted molar refractivity (Wildman–Crippen MR) is 86.3 cm³/mol. The lowest BCUT2D eigenvalue weighted by Crippen LogP contribution is -2.27. The second-order valence-corrected chi connectivity index (χ2v) is 7.16. The van der Waals surface area contributed by atoms with Gasteiger partial charge in [-0.3, -0.25) is 14.2 Å². The molecular weight excluding hydrogens is 330 g/mol. The van der Waals surface area contributed by atoms with Crippen LogP contribution in [0.25, 0.3) is 6.08 Å². The van der Waals surface area contributed by atoms with Gasteiger partial charge in [0, 0.05) is 6.54 Å². The molecule has 5 nitrogen and oxygen atoms in total.